The largest absolute Gasteiger partial charge is 0.326 e. The minimum absolute atomic E-state index is 0.644. The van der Waals surface area contributed by atoms with Crippen LogP contribution in [0.2, 0.25) is 0 Å². The zero-order valence-corrected chi connectivity index (χ0v) is 9.37. The van der Waals surface area contributed by atoms with Gasteiger partial charge in [-0.15, -0.1) is 0 Å². The van der Waals surface area contributed by atoms with Gasteiger partial charge < -0.3 is 11.1 Å². The average Bonchev–Trinajstić information content (AvgIpc) is 2.29. The van der Waals surface area contributed by atoms with Gasteiger partial charge in [0.2, 0.25) is 0 Å². The summed E-state index contributed by atoms with van der Waals surface area (Å²) in [4.78, 5) is 0. The first kappa shape index (κ1) is 10.7. The molecule has 2 unspecified atom stereocenters. The Morgan fingerprint density at radius 3 is 3.07 bits per heavy atom. The molecule has 0 aromatic heterocycles. The Labute approximate surface area is 91.9 Å². The SMILES string of the molecule is CC1CC(c2cccc(CN)c2)CCN1. The number of piperidine rings is 1. The van der Waals surface area contributed by atoms with E-state index in [1.165, 1.54) is 24.0 Å². The summed E-state index contributed by atoms with van der Waals surface area (Å²) in [5, 5.41) is 3.49. The topological polar surface area (TPSA) is 38.0 Å². The van der Waals surface area contributed by atoms with Crippen molar-refractivity contribution in [2.45, 2.75) is 38.3 Å². The quantitative estimate of drug-likeness (QED) is 0.773. The molecule has 15 heavy (non-hydrogen) atoms. The number of rotatable bonds is 2. The second-order valence-corrected chi connectivity index (χ2v) is 4.53. The Hall–Kier alpha value is -0.860. The summed E-state index contributed by atoms with van der Waals surface area (Å²) in [6.45, 7) is 4.05. The normalized spacial score (nSPS) is 26.5. The third kappa shape index (κ3) is 2.58. The van der Waals surface area contributed by atoms with E-state index in [1.807, 2.05) is 0 Å². The lowest BCUT2D eigenvalue weighted by Crippen LogP contribution is -2.34. The Balaban J connectivity index is 2.13. The second-order valence-electron chi connectivity index (χ2n) is 4.53. The molecule has 1 aromatic rings. The molecule has 1 fully saturated rings. The summed E-state index contributed by atoms with van der Waals surface area (Å²) < 4.78 is 0. The van der Waals surface area contributed by atoms with Crippen LogP contribution in [0.3, 0.4) is 0 Å². The third-order valence-electron chi connectivity index (χ3n) is 3.28. The van der Waals surface area contributed by atoms with E-state index in [4.69, 9.17) is 5.73 Å². The van der Waals surface area contributed by atoms with E-state index < -0.39 is 0 Å². The Morgan fingerprint density at radius 2 is 2.33 bits per heavy atom. The maximum atomic E-state index is 5.66. The van der Waals surface area contributed by atoms with Crippen LogP contribution < -0.4 is 11.1 Å². The van der Waals surface area contributed by atoms with Crippen molar-refractivity contribution in [1.29, 1.82) is 0 Å². The highest BCUT2D eigenvalue weighted by Gasteiger charge is 2.19. The van der Waals surface area contributed by atoms with E-state index in [-0.39, 0.29) is 0 Å². The Kier molecular flexibility index (Phi) is 3.39. The van der Waals surface area contributed by atoms with Gasteiger partial charge in [-0.3, -0.25) is 0 Å². The standard InChI is InChI=1S/C13H20N2/c1-10-7-13(5-6-15-10)12-4-2-3-11(8-12)9-14/h2-4,8,10,13,15H,5-7,9,14H2,1H3. The molecule has 2 atom stereocenters. The van der Waals surface area contributed by atoms with Crippen molar-refractivity contribution in [3.05, 3.63) is 35.4 Å². The van der Waals surface area contributed by atoms with Crippen molar-refractivity contribution in [3.63, 3.8) is 0 Å². The fraction of sp³-hybridized carbons (Fsp3) is 0.538. The van der Waals surface area contributed by atoms with Gasteiger partial charge in [-0.05, 0) is 43.4 Å². The van der Waals surface area contributed by atoms with Crippen molar-refractivity contribution in [1.82, 2.24) is 5.32 Å². The molecule has 0 bridgehead atoms. The van der Waals surface area contributed by atoms with E-state index >= 15 is 0 Å². The molecule has 1 aromatic carbocycles. The number of benzene rings is 1. The van der Waals surface area contributed by atoms with Crippen LogP contribution in [-0.4, -0.2) is 12.6 Å². The highest BCUT2D eigenvalue weighted by molar-refractivity contribution is 5.26. The molecule has 1 aliphatic rings. The van der Waals surface area contributed by atoms with Gasteiger partial charge in [-0.2, -0.15) is 0 Å². The minimum Gasteiger partial charge on any atom is -0.326 e. The molecule has 0 saturated carbocycles. The molecule has 1 aliphatic heterocycles. The fourth-order valence-electron chi connectivity index (χ4n) is 2.41. The van der Waals surface area contributed by atoms with Crippen LogP contribution in [0.25, 0.3) is 0 Å². The molecular weight excluding hydrogens is 184 g/mol. The summed E-state index contributed by atoms with van der Waals surface area (Å²) >= 11 is 0. The van der Waals surface area contributed by atoms with Gasteiger partial charge in [0.05, 0.1) is 0 Å². The third-order valence-corrected chi connectivity index (χ3v) is 3.28. The molecule has 0 spiro atoms. The zero-order chi connectivity index (χ0) is 10.7. The molecule has 1 heterocycles. The van der Waals surface area contributed by atoms with Crippen LogP contribution in [0.15, 0.2) is 24.3 Å². The van der Waals surface area contributed by atoms with Crippen LogP contribution in [0.1, 0.15) is 36.8 Å². The van der Waals surface area contributed by atoms with Crippen LogP contribution in [0.4, 0.5) is 0 Å². The molecule has 2 rings (SSSR count). The number of nitrogens with two attached hydrogens (primary N) is 1. The zero-order valence-electron chi connectivity index (χ0n) is 9.37. The highest BCUT2D eigenvalue weighted by Crippen LogP contribution is 2.27. The summed E-state index contributed by atoms with van der Waals surface area (Å²) in [6.07, 6.45) is 2.49. The lowest BCUT2D eigenvalue weighted by Gasteiger charge is -2.28. The minimum atomic E-state index is 0.644. The molecule has 2 nitrogen and oxygen atoms in total. The highest BCUT2D eigenvalue weighted by atomic mass is 14.9. The lowest BCUT2D eigenvalue weighted by atomic mass is 9.86. The van der Waals surface area contributed by atoms with Crippen LogP contribution >= 0.6 is 0 Å². The van der Waals surface area contributed by atoms with Gasteiger partial charge in [-0.25, -0.2) is 0 Å². The maximum Gasteiger partial charge on any atom is 0.0178 e. The predicted molar refractivity (Wildman–Crippen MR) is 63.8 cm³/mol. The first-order valence-corrected chi connectivity index (χ1v) is 5.82. The first-order valence-electron chi connectivity index (χ1n) is 5.82. The van der Waals surface area contributed by atoms with Gasteiger partial charge in [0.15, 0.2) is 0 Å². The smallest absolute Gasteiger partial charge is 0.0178 e. The van der Waals surface area contributed by atoms with Crippen LogP contribution in [0.5, 0.6) is 0 Å². The van der Waals surface area contributed by atoms with Crippen LogP contribution in [-0.2, 0) is 6.54 Å². The molecule has 0 amide bonds. The van der Waals surface area contributed by atoms with E-state index in [9.17, 15) is 0 Å². The van der Waals surface area contributed by atoms with Gasteiger partial charge >= 0.3 is 0 Å². The Morgan fingerprint density at radius 1 is 1.47 bits per heavy atom. The summed E-state index contributed by atoms with van der Waals surface area (Å²) in [5.41, 5.74) is 8.38. The van der Waals surface area contributed by atoms with E-state index in [1.54, 1.807) is 0 Å². The number of hydrogen-bond donors (Lipinski definition) is 2. The molecule has 0 radical (unpaired) electrons. The monoisotopic (exact) mass is 204 g/mol. The van der Waals surface area contributed by atoms with Gasteiger partial charge in [0.25, 0.3) is 0 Å². The Bertz CT molecular complexity index is 322. The van der Waals surface area contributed by atoms with Crippen molar-refractivity contribution >= 4 is 0 Å². The maximum absolute atomic E-state index is 5.66. The van der Waals surface area contributed by atoms with Gasteiger partial charge in [0.1, 0.15) is 0 Å². The number of hydrogen-bond acceptors (Lipinski definition) is 2. The van der Waals surface area contributed by atoms with Crippen LogP contribution in [0, 0.1) is 0 Å². The number of nitrogens with one attached hydrogen (secondary N) is 1. The molecular formula is C13H20N2. The van der Waals surface area contributed by atoms with Crippen molar-refractivity contribution in [2.75, 3.05) is 6.54 Å². The molecule has 1 saturated heterocycles. The molecule has 82 valence electrons. The first-order chi connectivity index (χ1) is 7.29. The van der Waals surface area contributed by atoms with E-state index in [0.29, 0.717) is 18.5 Å². The summed E-state index contributed by atoms with van der Waals surface area (Å²) in [6, 6.07) is 9.38. The average molecular weight is 204 g/mol. The van der Waals surface area contributed by atoms with Crippen molar-refractivity contribution in [2.24, 2.45) is 5.73 Å². The summed E-state index contributed by atoms with van der Waals surface area (Å²) in [7, 11) is 0. The van der Waals surface area contributed by atoms with Crippen molar-refractivity contribution < 1.29 is 0 Å². The molecule has 0 aliphatic carbocycles. The lowest BCUT2D eigenvalue weighted by molar-refractivity contribution is 0.381. The predicted octanol–water partition coefficient (Wildman–Crippen LogP) is 2.00. The van der Waals surface area contributed by atoms with Gasteiger partial charge in [-0.1, -0.05) is 24.3 Å². The molecule has 2 heteroatoms. The van der Waals surface area contributed by atoms with E-state index in [2.05, 4.69) is 36.5 Å². The second kappa shape index (κ2) is 4.77. The van der Waals surface area contributed by atoms with Gasteiger partial charge in [0, 0.05) is 12.6 Å². The van der Waals surface area contributed by atoms with Crippen molar-refractivity contribution in [3.8, 4) is 0 Å². The summed E-state index contributed by atoms with van der Waals surface area (Å²) in [5.74, 6) is 0.716. The fourth-order valence-corrected chi connectivity index (χ4v) is 2.41. The van der Waals surface area contributed by atoms with E-state index in [0.717, 1.165) is 6.54 Å². The molecule has 3 N–H and O–H groups in total.